The molecule has 0 radical (unpaired) electrons. The molecule has 1 aromatic carbocycles. The van der Waals surface area contributed by atoms with E-state index in [-0.39, 0.29) is 8.80 Å². The van der Waals surface area contributed by atoms with Crippen LogP contribution in [0.15, 0.2) is 30.3 Å². The summed E-state index contributed by atoms with van der Waals surface area (Å²) in [4.78, 5) is 0. The molecule has 0 fully saturated rings. The van der Waals surface area contributed by atoms with Crippen molar-refractivity contribution in [3.63, 3.8) is 0 Å². The van der Waals surface area contributed by atoms with Gasteiger partial charge >= 0.3 is 0 Å². The van der Waals surface area contributed by atoms with Crippen LogP contribution in [0.25, 0.3) is 0 Å². The van der Waals surface area contributed by atoms with Gasteiger partial charge in [-0.05, 0) is 0 Å². The van der Waals surface area contributed by atoms with Crippen molar-refractivity contribution < 1.29 is 0 Å². The van der Waals surface area contributed by atoms with Crippen LogP contribution in [-0.4, -0.2) is 8.80 Å². The van der Waals surface area contributed by atoms with Crippen molar-refractivity contribution in [1.82, 2.24) is 0 Å². The SMILES string of the molecule is C[Si-](C)Cc1ccccc1. The molecule has 0 unspecified atom stereocenters. The quantitative estimate of drug-likeness (QED) is 0.567. The molecule has 0 heterocycles. The number of benzene rings is 1. The number of hydrogen-bond acceptors (Lipinski definition) is 0. The summed E-state index contributed by atoms with van der Waals surface area (Å²) in [6, 6.07) is 12.0. The van der Waals surface area contributed by atoms with Crippen molar-refractivity contribution in [3.05, 3.63) is 35.9 Å². The molecular weight excluding hydrogens is 136 g/mol. The molecule has 0 aliphatic rings. The fraction of sp³-hybridized carbons (Fsp3) is 0.333. The topological polar surface area (TPSA) is 0 Å². The van der Waals surface area contributed by atoms with Gasteiger partial charge in [-0.2, -0.15) is 19.1 Å². The van der Waals surface area contributed by atoms with Crippen LogP contribution in [0.1, 0.15) is 5.56 Å². The molecule has 1 aromatic rings. The van der Waals surface area contributed by atoms with Crippen LogP contribution in [0.5, 0.6) is 0 Å². The molecule has 0 spiro atoms. The Hall–Kier alpha value is -0.563. The second kappa shape index (κ2) is 3.57. The van der Waals surface area contributed by atoms with E-state index >= 15 is 0 Å². The molecule has 0 nitrogen and oxygen atoms in total. The lowest BCUT2D eigenvalue weighted by atomic mass is 10.2. The second-order valence-corrected chi connectivity index (χ2v) is 5.64. The first-order chi connectivity index (χ1) is 4.79. The van der Waals surface area contributed by atoms with E-state index in [0.29, 0.717) is 0 Å². The average molecular weight is 149 g/mol. The highest BCUT2D eigenvalue weighted by atomic mass is 28.3. The Balaban J connectivity index is 2.59. The van der Waals surface area contributed by atoms with Gasteiger partial charge in [0.1, 0.15) is 0 Å². The van der Waals surface area contributed by atoms with Crippen molar-refractivity contribution in [2.24, 2.45) is 0 Å². The van der Waals surface area contributed by atoms with E-state index in [1.165, 1.54) is 11.6 Å². The Morgan fingerprint density at radius 1 is 1.10 bits per heavy atom. The molecule has 0 saturated carbocycles. The fourth-order valence-electron chi connectivity index (χ4n) is 1.00. The Morgan fingerprint density at radius 2 is 1.70 bits per heavy atom. The summed E-state index contributed by atoms with van der Waals surface area (Å²) < 4.78 is 0. The van der Waals surface area contributed by atoms with E-state index in [2.05, 4.69) is 43.4 Å². The predicted molar refractivity (Wildman–Crippen MR) is 47.6 cm³/mol. The van der Waals surface area contributed by atoms with Gasteiger partial charge in [0.25, 0.3) is 0 Å². The van der Waals surface area contributed by atoms with E-state index in [4.69, 9.17) is 0 Å². The molecule has 10 heavy (non-hydrogen) atoms. The van der Waals surface area contributed by atoms with Crippen LogP contribution in [0.2, 0.25) is 13.1 Å². The minimum Gasteiger partial charge on any atom is -0.262 e. The third-order valence-electron chi connectivity index (χ3n) is 1.40. The molecule has 0 N–H and O–H groups in total. The largest absolute Gasteiger partial charge is 0.262 e. The van der Waals surface area contributed by atoms with Gasteiger partial charge in [0.05, 0.1) is 0 Å². The van der Waals surface area contributed by atoms with Gasteiger partial charge in [-0.15, -0.1) is 0 Å². The highest BCUT2D eigenvalue weighted by Gasteiger charge is 1.84. The lowest BCUT2D eigenvalue weighted by Gasteiger charge is -2.14. The molecule has 0 aliphatic carbocycles. The summed E-state index contributed by atoms with van der Waals surface area (Å²) in [6.45, 7) is 4.69. The summed E-state index contributed by atoms with van der Waals surface area (Å²) in [7, 11) is -0.0870. The minimum atomic E-state index is -0.0870. The van der Waals surface area contributed by atoms with Crippen molar-refractivity contribution in [1.29, 1.82) is 0 Å². The molecule has 0 bridgehead atoms. The first-order valence-electron chi connectivity index (χ1n) is 3.62. The van der Waals surface area contributed by atoms with Crippen molar-refractivity contribution in [3.8, 4) is 0 Å². The summed E-state index contributed by atoms with van der Waals surface area (Å²) in [5.41, 5.74) is 1.49. The lowest BCUT2D eigenvalue weighted by molar-refractivity contribution is 1.35. The molecule has 0 saturated heterocycles. The van der Waals surface area contributed by atoms with Crippen LogP contribution < -0.4 is 0 Å². The van der Waals surface area contributed by atoms with E-state index in [1.807, 2.05) is 0 Å². The average Bonchev–Trinajstić information content (AvgIpc) is 1.88. The highest BCUT2D eigenvalue weighted by Crippen LogP contribution is 2.01. The van der Waals surface area contributed by atoms with Crippen LogP contribution >= 0.6 is 0 Å². The molecule has 0 atom stereocenters. The summed E-state index contributed by atoms with van der Waals surface area (Å²) >= 11 is 0. The third kappa shape index (κ3) is 2.36. The van der Waals surface area contributed by atoms with E-state index < -0.39 is 0 Å². The monoisotopic (exact) mass is 149 g/mol. The third-order valence-corrected chi connectivity index (χ3v) is 2.52. The maximum absolute atomic E-state index is 2.34. The van der Waals surface area contributed by atoms with Crippen molar-refractivity contribution in [2.75, 3.05) is 0 Å². The first kappa shape index (κ1) is 7.54. The van der Waals surface area contributed by atoms with Gasteiger partial charge < -0.3 is 0 Å². The van der Waals surface area contributed by atoms with Crippen molar-refractivity contribution in [2.45, 2.75) is 19.1 Å². The fourth-order valence-corrected chi connectivity index (χ4v) is 2.06. The van der Waals surface area contributed by atoms with Gasteiger partial charge in [-0.1, -0.05) is 35.9 Å². The minimum absolute atomic E-state index is 0.0870. The Labute approximate surface area is 64.5 Å². The Kier molecular flexibility index (Phi) is 2.69. The van der Waals surface area contributed by atoms with Gasteiger partial charge in [-0.3, -0.25) is 8.80 Å². The van der Waals surface area contributed by atoms with Crippen LogP contribution in [-0.2, 0) is 6.04 Å². The standard InChI is InChI=1S/C9H13Si/c1-10(2)8-9-6-4-3-5-7-9/h3-7H,8H2,1-2H3/q-1. The predicted octanol–water partition coefficient (Wildman–Crippen LogP) is 2.52. The molecular formula is C9H13Si-. The second-order valence-electron chi connectivity index (χ2n) is 2.87. The number of hydrogen-bond donors (Lipinski definition) is 0. The van der Waals surface area contributed by atoms with Gasteiger partial charge in [0.2, 0.25) is 0 Å². The zero-order valence-electron chi connectivity index (χ0n) is 6.59. The van der Waals surface area contributed by atoms with Crippen LogP contribution in [0.4, 0.5) is 0 Å². The molecule has 0 amide bonds. The maximum Gasteiger partial charge on any atom is -0.0620 e. The zero-order chi connectivity index (χ0) is 7.40. The molecule has 0 aliphatic heterocycles. The molecule has 1 rings (SSSR count). The van der Waals surface area contributed by atoms with Crippen LogP contribution in [0.3, 0.4) is 0 Å². The maximum atomic E-state index is 2.34. The molecule has 0 aromatic heterocycles. The highest BCUT2D eigenvalue weighted by molar-refractivity contribution is 6.55. The first-order valence-corrected chi connectivity index (χ1v) is 6.32. The zero-order valence-corrected chi connectivity index (χ0v) is 7.59. The van der Waals surface area contributed by atoms with Gasteiger partial charge in [-0.25, -0.2) is 0 Å². The van der Waals surface area contributed by atoms with Crippen molar-refractivity contribution >= 4 is 8.80 Å². The molecule has 54 valence electrons. The van der Waals surface area contributed by atoms with Gasteiger partial charge in [0.15, 0.2) is 0 Å². The Bertz CT molecular complexity index is 179. The van der Waals surface area contributed by atoms with E-state index in [0.717, 1.165) is 0 Å². The normalized spacial score (nSPS) is 10.3. The van der Waals surface area contributed by atoms with Crippen LogP contribution in [0, 0.1) is 0 Å². The summed E-state index contributed by atoms with van der Waals surface area (Å²) in [5.74, 6) is 0. The number of rotatable bonds is 2. The Morgan fingerprint density at radius 3 is 2.20 bits per heavy atom. The van der Waals surface area contributed by atoms with E-state index in [9.17, 15) is 0 Å². The van der Waals surface area contributed by atoms with Gasteiger partial charge in [0, 0.05) is 0 Å². The van der Waals surface area contributed by atoms with E-state index in [1.54, 1.807) is 0 Å². The molecule has 1 heteroatoms. The summed E-state index contributed by atoms with van der Waals surface area (Å²) in [6.07, 6.45) is 0. The summed E-state index contributed by atoms with van der Waals surface area (Å²) in [5, 5.41) is 0. The lowest BCUT2D eigenvalue weighted by Crippen LogP contribution is -2.04. The smallest absolute Gasteiger partial charge is 0.0620 e.